The van der Waals surface area contributed by atoms with Crippen molar-refractivity contribution in [2.75, 3.05) is 26.7 Å². The van der Waals surface area contributed by atoms with Crippen molar-refractivity contribution in [3.8, 4) is 0 Å². The minimum atomic E-state index is -0.679. The monoisotopic (exact) mass is 186 g/mol. The average molecular weight is 186 g/mol. The van der Waals surface area contributed by atoms with E-state index >= 15 is 0 Å². The standard InChI is InChI=1S/C9H18N2O2/c1-3-11(2)8-4-7(9(12)13)5-10-6-8/h7-8,10H,3-6H2,1-2H3,(H,12,13)/t7-,8+/m1/s1. The number of rotatable bonds is 3. The molecule has 1 aliphatic rings. The molecule has 0 bridgehead atoms. The van der Waals surface area contributed by atoms with E-state index in [0.29, 0.717) is 12.6 Å². The molecule has 1 saturated heterocycles. The van der Waals surface area contributed by atoms with Crippen molar-refractivity contribution in [3.63, 3.8) is 0 Å². The van der Waals surface area contributed by atoms with E-state index in [4.69, 9.17) is 5.11 Å². The van der Waals surface area contributed by atoms with Crippen LogP contribution in [0.5, 0.6) is 0 Å². The molecule has 4 nitrogen and oxygen atoms in total. The number of nitrogens with zero attached hydrogens (tertiary/aromatic N) is 1. The number of nitrogens with one attached hydrogen (secondary N) is 1. The lowest BCUT2D eigenvalue weighted by Crippen LogP contribution is -2.49. The maximum atomic E-state index is 10.8. The normalized spacial score (nSPS) is 29.2. The third-order valence-corrected chi connectivity index (χ3v) is 2.80. The smallest absolute Gasteiger partial charge is 0.307 e. The Morgan fingerprint density at radius 3 is 2.85 bits per heavy atom. The summed E-state index contributed by atoms with van der Waals surface area (Å²) in [4.78, 5) is 12.9. The maximum Gasteiger partial charge on any atom is 0.307 e. The van der Waals surface area contributed by atoms with Crippen LogP contribution in [0.25, 0.3) is 0 Å². The molecule has 0 saturated carbocycles. The summed E-state index contributed by atoms with van der Waals surface area (Å²) in [5.74, 6) is -0.894. The van der Waals surface area contributed by atoms with E-state index in [1.54, 1.807) is 0 Å². The summed E-state index contributed by atoms with van der Waals surface area (Å²) in [5.41, 5.74) is 0. The second-order valence-corrected chi connectivity index (χ2v) is 3.66. The fourth-order valence-electron chi connectivity index (χ4n) is 1.70. The molecule has 0 spiro atoms. The van der Waals surface area contributed by atoms with Crippen LogP contribution in [-0.2, 0) is 4.79 Å². The van der Waals surface area contributed by atoms with Crippen LogP contribution >= 0.6 is 0 Å². The Bertz CT molecular complexity index is 184. The van der Waals surface area contributed by atoms with Gasteiger partial charge in [-0.2, -0.15) is 0 Å². The zero-order valence-electron chi connectivity index (χ0n) is 8.29. The Morgan fingerprint density at radius 1 is 1.62 bits per heavy atom. The number of carboxylic acids is 1. The van der Waals surface area contributed by atoms with Crippen LogP contribution in [0.3, 0.4) is 0 Å². The first-order valence-corrected chi connectivity index (χ1v) is 4.79. The summed E-state index contributed by atoms with van der Waals surface area (Å²) in [7, 11) is 2.04. The number of carboxylic acid groups (broad SMARTS) is 1. The van der Waals surface area contributed by atoms with Gasteiger partial charge in [0.1, 0.15) is 0 Å². The lowest BCUT2D eigenvalue weighted by molar-refractivity contribution is -0.142. The molecule has 0 aromatic carbocycles. The van der Waals surface area contributed by atoms with Crippen molar-refractivity contribution in [1.29, 1.82) is 0 Å². The molecule has 2 N–H and O–H groups in total. The molecule has 0 aliphatic carbocycles. The van der Waals surface area contributed by atoms with Gasteiger partial charge in [-0.3, -0.25) is 4.79 Å². The van der Waals surface area contributed by atoms with Gasteiger partial charge in [0, 0.05) is 19.1 Å². The van der Waals surface area contributed by atoms with Crippen molar-refractivity contribution < 1.29 is 9.90 Å². The molecule has 0 aromatic heterocycles. The van der Waals surface area contributed by atoms with Gasteiger partial charge in [0.15, 0.2) is 0 Å². The largest absolute Gasteiger partial charge is 0.481 e. The molecule has 13 heavy (non-hydrogen) atoms. The minimum absolute atomic E-state index is 0.215. The highest BCUT2D eigenvalue weighted by Crippen LogP contribution is 2.14. The predicted molar refractivity (Wildman–Crippen MR) is 50.7 cm³/mol. The number of hydrogen-bond donors (Lipinski definition) is 2. The summed E-state index contributed by atoms with van der Waals surface area (Å²) >= 11 is 0. The van der Waals surface area contributed by atoms with Gasteiger partial charge >= 0.3 is 5.97 Å². The average Bonchev–Trinajstić information content (AvgIpc) is 2.17. The van der Waals surface area contributed by atoms with Crippen LogP contribution in [0.4, 0.5) is 0 Å². The van der Waals surface area contributed by atoms with Crippen LogP contribution in [-0.4, -0.2) is 48.7 Å². The van der Waals surface area contributed by atoms with E-state index in [9.17, 15) is 4.79 Å². The van der Waals surface area contributed by atoms with Crippen LogP contribution in [0, 0.1) is 5.92 Å². The Hall–Kier alpha value is -0.610. The van der Waals surface area contributed by atoms with Crippen molar-refractivity contribution >= 4 is 5.97 Å². The maximum absolute atomic E-state index is 10.8. The summed E-state index contributed by atoms with van der Waals surface area (Å²) in [6, 6.07) is 0.375. The first-order chi connectivity index (χ1) is 6.15. The van der Waals surface area contributed by atoms with E-state index in [2.05, 4.69) is 17.1 Å². The minimum Gasteiger partial charge on any atom is -0.481 e. The second-order valence-electron chi connectivity index (χ2n) is 3.66. The summed E-state index contributed by atoms with van der Waals surface area (Å²) in [6.45, 7) is 4.58. The molecule has 4 heteroatoms. The van der Waals surface area contributed by atoms with Crippen LogP contribution < -0.4 is 5.32 Å². The summed E-state index contributed by atoms with van der Waals surface area (Å²) in [5, 5.41) is 12.0. The van der Waals surface area contributed by atoms with Crippen LogP contribution in [0.2, 0.25) is 0 Å². The number of piperidine rings is 1. The number of likely N-dealkylation sites (N-methyl/N-ethyl adjacent to an activating group) is 1. The molecule has 2 atom stereocenters. The summed E-state index contributed by atoms with van der Waals surface area (Å²) in [6.07, 6.45) is 0.771. The van der Waals surface area contributed by atoms with Gasteiger partial charge in [-0.25, -0.2) is 0 Å². The number of carbonyl (C=O) groups is 1. The summed E-state index contributed by atoms with van der Waals surface area (Å²) < 4.78 is 0. The lowest BCUT2D eigenvalue weighted by Gasteiger charge is -2.33. The lowest BCUT2D eigenvalue weighted by atomic mass is 9.95. The predicted octanol–water partition coefficient (Wildman–Crippen LogP) is 0.000800. The molecule has 76 valence electrons. The zero-order chi connectivity index (χ0) is 9.84. The van der Waals surface area contributed by atoms with Crippen molar-refractivity contribution in [2.45, 2.75) is 19.4 Å². The Balaban J connectivity index is 2.46. The number of aliphatic carboxylic acids is 1. The van der Waals surface area contributed by atoms with E-state index in [-0.39, 0.29) is 5.92 Å². The van der Waals surface area contributed by atoms with Crippen molar-refractivity contribution in [3.05, 3.63) is 0 Å². The zero-order valence-corrected chi connectivity index (χ0v) is 8.29. The van der Waals surface area contributed by atoms with Gasteiger partial charge in [-0.05, 0) is 20.0 Å². The molecule has 0 aromatic rings. The molecular formula is C9H18N2O2. The molecule has 1 fully saturated rings. The van der Waals surface area contributed by atoms with Crippen molar-refractivity contribution in [1.82, 2.24) is 10.2 Å². The Morgan fingerprint density at radius 2 is 2.31 bits per heavy atom. The highest BCUT2D eigenvalue weighted by molar-refractivity contribution is 5.70. The molecular weight excluding hydrogens is 168 g/mol. The Labute approximate surface area is 78.9 Å². The number of hydrogen-bond acceptors (Lipinski definition) is 3. The fraction of sp³-hybridized carbons (Fsp3) is 0.889. The molecule has 0 amide bonds. The fourth-order valence-corrected chi connectivity index (χ4v) is 1.70. The molecule has 1 rings (SSSR count). The van der Waals surface area contributed by atoms with Crippen LogP contribution in [0.1, 0.15) is 13.3 Å². The SMILES string of the molecule is CCN(C)[C@@H]1CNC[C@H](C(=O)O)C1. The first kappa shape index (κ1) is 10.5. The van der Waals surface area contributed by atoms with Gasteiger partial charge < -0.3 is 15.3 Å². The van der Waals surface area contributed by atoms with Gasteiger partial charge in [0.25, 0.3) is 0 Å². The van der Waals surface area contributed by atoms with Crippen molar-refractivity contribution in [2.24, 2.45) is 5.92 Å². The highest BCUT2D eigenvalue weighted by Gasteiger charge is 2.28. The molecule has 1 aliphatic heterocycles. The highest BCUT2D eigenvalue weighted by atomic mass is 16.4. The topological polar surface area (TPSA) is 52.6 Å². The van der Waals surface area contributed by atoms with Gasteiger partial charge in [-0.1, -0.05) is 6.92 Å². The molecule has 0 radical (unpaired) electrons. The van der Waals surface area contributed by atoms with Crippen LogP contribution in [0.15, 0.2) is 0 Å². The molecule has 0 unspecified atom stereocenters. The third kappa shape index (κ3) is 2.67. The van der Waals surface area contributed by atoms with Gasteiger partial charge in [0.2, 0.25) is 0 Å². The first-order valence-electron chi connectivity index (χ1n) is 4.79. The van der Waals surface area contributed by atoms with E-state index in [1.807, 2.05) is 7.05 Å². The van der Waals surface area contributed by atoms with Gasteiger partial charge in [0.05, 0.1) is 5.92 Å². The van der Waals surface area contributed by atoms with E-state index in [0.717, 1.165) is 19.5 Å². The Kier molecular flexibility index (Phi) is 3.69. The van der Waals surface area contributed by atoms with E-state index < -0.39 is 5.97 Å². The molecule has 1 heterocycles. The third-order valence-electron chi connectivity index (χ3n) is 2.80. The van der Waals surface area contributed by atoms with Gasteiger partial charge in [-0.15, -0.1) is 0 Å². The van der Waals surface area contributed by atoms with E-state index in [1.165, 1.54) is 0 Å². The second kappa shape index (κ2) is 4.58. The quantitative estimate of drug-likeness (QED) is 0.651.